The van der Waals surface area contributed by atoms with Gasteiger partial charge in [-0.05, 0) is 62.5 Å². The summed E-state index contributed by atoms with van der Waals surface area (Å²) in [5.41, 5.74) is 4.41. The van der Waals surface area contributed by atoms with Gasteiger partial charge in [0.25, 0.3) is 0 Å². The van der Waals surface area contributed by atoms with Gasteiger partial charge in [0.1, 0.15) is 0 Å². The van der Waals surface area contributed by atoms with Crippen LogP contribution in [0.2, 0.25) is 0 Å². The van der Waals surface area contributed by atoms with E-state index in [2.05, 4.69) is 30.4 Å². The summed E-state index contributed by atoms with van der Waals surface area (Å²) < 4.78 is 0. The number of rotatable bonds is 4. The highest BCUT2D eigenvalue weighted by atomic mass is 16.2. The van der Waals surface area contributed by atoms with Crippen molar-refractivity contribution < 1.29 is 4.79 Å². The van der Waals surface area contributed by atoms with Crippen LogP contribution in [0.25, 0.3) is 0 Å². The molecule has 1 fully saturated rings. The number of benzene rings is 1. The molecular weight excluding hydrogens is 234 g/mol. The summed E-state index contributed by atoms with van der Waals surface area (Å²) in [4.78, 5) is 11.6. The largest absolute Gasteiger partial charge is 0.356 e. The predicted octanol–water partition coefficient (Wildman–Crippen LogP) is 3.33. The average Bonchev–Trinajstić information content (AvgIpc) is 3.23. The Morgan fingerprint density at radius 3 is 2.95 bits per heavy atom. The molecule has 0 radical (unpaired) electrons. The van der Waals surface area contributed by atoms with E-state index in [1.165, 1.54) is 36.0 Å². The summed E-state index contributed by atoms with van der Waals surface area (Å²) in [7, 11) is 0. The smallest absolute Gasteiger partial charge is 0.223 e. The molecule has 19 heavy (non-hydrogen) atoms. The van der Waals surface area contributed by atoms with Crippen molar-refractivity contribution in [2.75, 3.05) is 6.54 Å². The molecule has 0 heterocycles. The zero-order valence-electron chi connectivity index (χ0n) is 11.7. The third-order valence-electron chi connectivity index (χ3n) is 4.48. The summed E-state index contributed by atoms with van der Waals surface area (Å²) in [5, 5.41) is 3.10. The summed E-state index contributed by atoms with van der Waals surface area (Å²) in [5.74, 6) is 1.25. The summed E-state index contributed by atoms with van der Waals surface area (Å²) >= 11 is 0. The highest BCUT2D eigenvalue weighted by Crippen LogP contribution is 2.34. The molecule has 1 saturated carbocycles. The molecule has 3 rings (SSSR count). The van der Waals surface area contributed by atoms with Crippen molar-refractivity contribution in [3.8, 4) is 0 Å². The van der Waals surface area contributed by atoms with Gasteiger partial charge in [-0.1, -0.05) is 23.8 Å². The molecule has 1 aromatic rings. The second-order valence-electron chi connectivity index (χ2n) is 6.15. The van der Waals surface area contributed by atoms with Gasteiger partial charge in [0, 0.05) is 12.5 Å². The molecule has 0 aromatic heterocycles. The van der Waals surface area contributed by atoms with Crippen LogP contribution in [-0.4, -0.2) is 12.5 Å². The molecule has 1 aromatic carbocycles. The number of carbonyl (C=O) groups is 1. The summed E-state index contributed by atoms with van der Waals surface area (Å²) in [6.07, 6.45) is 7.07. The first-order valence-corrected chi connectivity index (χ1v) is 7.61. The van der Waals surface area contributed by atoms with Crippen molar-refractivity contribution in [2.45, 2.75) is 51.4 Å². The quantitative estimate of drug-likeness (QED) is 0.880. The van der Waals surface area contributed by atoms with E-state index in [-0.39, 0.29) is 5.91 Å². The number of carbonyl (C=O) groups excluding carboxylic acids is 1. The molecule has 0 bridgehead atoms. The molecule has 0 aliphatic heterocycles. The Hall–Kier alpha value is -1.31. The van der Waals surface area contributed by atoms with E-state index in [4.69, 9.17) is 0 Å². The fourth-order valence-corrected chi connectivity index (χ4v) is 3.18. The Labute approximate surface area is 115 Å². The van der Waals surface area contributed by atoms with Crippen LogP contribution >= 0.6 is 0 Å². The van der Waals surface area contributed by atoms with Gasteiger partial charge in [-0.25, -0.2) is 0 Å². The molecule has 102 valence electrons. The molecule has 0 spiro atoms. The van der Waals surface area contributed by atoms with E-state index < -0.39 is 0 Å². The molecule has 2 aliphatic carbocycles. The lowest BCUT2D eigenvalue weighted by Crippen LogP contribution is -2.27. The lowest BCUT2D eigenvalue weighted by molar-refractivity contribution is -0.122. The first kappa shape index (κ1) is 12.7. The van der Waals surface area contributed by atoms with Gasteiger partial charge in [-0.2, -0.15) is 0 Å². The minimum Gasteiger partial charge on any atom is -0.356 e. The first-order valence-electron chi connectivity index (χ1n) is 7.61. The molecule has 2 heteroatoms. The van der Waals surface area contributed by atoms with Crippen molar-refractivity contribution >= 4 is 5.91 Å². The zero-order chi connectivity index (χ0) is 13.2. The average molecular weight is 257 g/mol. The molecule has 2 nitrogen and oxygen atoms in total. The highest BCUT2D eigenvalue weighted by Gasteiger charge is 2.29. The maximum Gasteiger partial charge on any atom is 0.223 e. The number of nitrogens with one attached hydrogen (secondary N) is 1. The third-order valence-corrected chi connectivity index (χ3v) is 4.48. The van der Waals surface area contributed by atoms with Gasteiger partial charge in [0.05, 0.1) is 0 Å². The molecule has 1 N–H and O–H groups in total. The minimum absolute atomic E-state index is 0.278. The van der Waals surface area contributed by atoms with Crippen LogP contribution in [0.15, 0.2) is 18.2 Å². The lowest BCUT2D eigenvalue weighted by atomic mass is 9.80. The molecule has 0 saturated heterocycles. The third kappa shape index (κ3) is 2.99. The van der Waals surface area contributed by atoms with Crippen LogP contribution < -0.4 is 5.32 Å². The van der Waals surface area contributed by atoms with Crippen LogP contribution in [0.4, 0.5) is 0 Å². The zero-order valence-corrected chi connectivity index (χ0v) is 11.7. The number of hydrogen-bond donors (Lipinski definition) is 1. The van der Waals surface area contributed by atoms with Crippen LogP contribution in [-0.2, 0) is 11.2 Å². The number of hydrogen-bond acceptors (Lipinski definition) is 1. The van der Waals surface area contributed by atoms with Crippen molar-refractivity contribution in [2.24, 2.45) is 5.92 Å². The Balaban J connectivity index is 1.59. The van der Waals surface area contributed by atoms with Crippen molar-refractivity contribution in [3.05, 3.63) is 34.9 Å². The van der Waals surface area contributed by atoms with E-state index >= 15 is 0 Å². The van der Waals surface area contributed by atoms with Gasteiger partial charge >= 0.3 is 0 Å². The molecule has 1 unspecified atom stereocenters. The summed E-state index contributed by atoms with van der Waals surface area (Å²) in [6.45, 7) is 3.01. The van der Waals surface area contributed by atoms with Crippen LogP contribution in [0.5, 0.6) is 0 Å². The van der Waals surface area contributed by atoms with Crippen LogP contribution in [0, 0.1) is 12.8 Å². The fourth-order valence-electron chi connectivity index (χ4n) is 3.18. The van der Waals surface area contributed by atoms with Gasteiger partial charge in [0.15, 0.2) is 0 Å². The van der Waals surface area contributed by atoms with E-state index in [0.717, 1.165) is 25.8 Å². The highest BCUT2D eigenvalue weighted by molar-refractivity contribution is 5.80. The summed E-state index contributed by atoms with van der Waals surface area (Å²) in [6, 6.07) is 6.86. The Kier molecular flexibility index (Phi) is 3.58. The lowest BCUT2D eigenvalue weighted by Gasteiger charge is -2.26. The normalized spacial score (nSPS) is 21.8. The molecular formula is C17H23NO. The standard InChI is InChI=1S/C17H23NO/c1-12-5-6-13-3-2-4-14(16(13)11-12)9-10-18-17(19)15-7-8-15/h5-6,11,14-15H,2-4,7-10H2,1H3,(H,18,19). The number of amides is 1. The molecule has 1 amide bonds. The van der Waals surface area contributed by atoms with E-state index in [9.17, 15) is 4.79 Å². The maximum absolute atomic E-state index is 11.6. The second-order valence-corrected chi connectivity index (χ2v) is 6.15. The van der Waals surface area contributed by atoms with Gasteiger partial charge in [-0.3, -0.25) is 4.79 Å². The van der Waals surface area contributed by atoms with Crippen LogP contribution in [0.3, 0.4) is 0 Å². The van der Waals surface area contributed by atoms with Crippen molar-refractivity contribution in [3.63, 3.8) is 0 Å². The van der Waals surface area contributed by atoms with Gasteiger partial charge in [0.2, 0.25) is 5.91 Å². The second kappa shape index (κ2) is 5.36. The Morgan fingerprint density at radius 2 is 2.16 bits per heavy atom. The van der Waals surface area contributed by atoms with E-state index in [0.29, 0.717) is 11.8 Å². The van der Waals surface area contributed by atoms with Gasteiger partial charge < -0.3 is 5.32 Å². The first-order chi connectivity index (χ1) is 9.24. The monoisotopic (exact) mass is 257 g/mol. The maximum atomic E-state index is 11.6. The molecule has 1 atom stereocenters. The minimum atomic E-state index is 0.278. The number of aryl methyl sites for hydroxylation is 2. The fraction of sp³-hybridized carbons (Fsp3) is 0.588. The van der Waals surface area contributed by atoms with Crippen molar-refractivity contribution in [1.29, 1.82) is 0 Å². The number of fused-ring (bicyclic) bond motifs is 1. The predicted molar refractivity (Wildman–Crippen MR) is 77.2 cm³/mol. The van der Waals surface area contributed by atoms with Crippen LogP contribution in [0.1, 0.15) is 54.7 Å². The Bertz CT molecular complexity index is 476. The molecule has 2 aliphatic rings. The van der Waals surface area contributed by atoms with E-state index in [1.807, 2.05) is 0 Å². The topological polar surface area (TPSA) is 29.1 Å². The SMILES string of the molecule is Cc1ccc2c(c1)C(CCNC(=O)C1CC1)CCC2. The van der Waals surface area contributed by atoms with Gasteiger partial charge in [-0.15, -0.1) is 0 Å². The van der Waals surface area contributed by atoms with Crippen molar-refractivity contribution in [1.82, 2.24) is 5.32 Å². The van der Waals surface area contributed by atoms with E-state index in [1.54, 1.807) is 0 Å². The Morgan fingerprint density at radius 1 is 1.32 bits per heavy atom.